The first-order chi connectivity index (χ1) is 11.9. The Morgan fingerprint density at radius 2 is 1.60 bits per heavy atom. The summed E-state index contributed by atoms with van der Waals surface area (Å²) >= 11 is 0. The van der Waals surface area contributed by atoms with Crippen LogP contribution in [0, 0.1) is 11.8 Å². The minimum absolute atomic E-state index is 0.0581. The lowest BCUT2D eigenvalue weighted by molar-refractivity contribution is -0.201. The molecule has 1 saturated carbocycles. The van der Waals surface area contributed by atoms with Crippen molar-refractivity contribution in [1.82, 2.24) is 9.96 Å². The number of hydroxylamine groups is 2. The van der Waals surface area contributed by atoms with Crippen molar-refractivity contribution in [2.75, 3.05) is 6.54 Å². The average Bonchev–Trinajstić information content (AvgIpc) is 3.02. The van der Waals surface area contributed by atoms with Gasteiger partial charge in [-0.3, -0.25) is 24.1 Å². The number of aliphatic hydroxyl groups excluding tert-OH is 1. The summed E-state index contributed by atoms with van der Waals surface area (Å²) in [5.41, 5.74) is 0. The van der Waals surface area contributed by atoms with E-state index >= 15 is 0 Å². The number of hydrogen-bond acceptors (Lipinski definition) is 7. The van der Waals surface area contributed by atoms with E-state index in [0.717, 1.165) is 4.90 Å². The average molecular weight is 352 g/mol. The second kappa shape index (κ2) is 6.91. The number of aliphatic hydroxyl groups is 1. The zero-order valence-electron chi connectivity index (χ0n) is 13.7. The fraction of sp³-hybridized carbons (Fsp3) is 0.688. The van der Waals surface area contributed by atoms with E-state index in [1.54, 1.807) is 0 Å². The number of likely N-dealkylation sites (tertiary alicyclic amines) is 1. The Balaban J connectivity index is 1.48. The first kappa shape index (κ1) is 17.5. The normalized spacial score (nSPS) is 30.4. The summed E-state index contributed by atoms with van der Waals surface area (Å²) in [6.45, 7) is 0.250. The lowest BCUT2D eigenvalue weighted by atomic mass is 9.82. The van der Waals surface area contributed by atoms with Gasteiger partial charge in [-0.2, -0.15) is 0 Å². The van der Waals surface area contributed by atoms with Crippen molar-refractivity contribution in [3.05, 3.63) is 0 Å². The molecule has 0 radical (unpaired) electrons. The molecule has 3 fully saturated rings. The van der Waals surface area contributed by atoms with Gasteiger partial charge in [-0.1, -0.05) is 0 Å². The molecule has 0 spiro atoms. The lowest BCUT2D eigenvalue weighted by Crippen LogP contribution is -2.39. The molecule has 9 heteroatoms. The summed E-state index contributed by atoms with van der Waals surface area (Å²) in [6, 6.07) is 0. The van der Waals surface area contributed by atoms with Crippen LogP contribution >= 0.6 is 0 Å². The SMILES string of the molecule is O=C(ON1C(=O)CCC1=O)C1CCC(CN2C(=O)CC(O)C2=O)CC1. The molecule has 1 N–H and O–H groups in total. The third kappa shape index (κ3) is 3.55. The molecule has 2 heterocycles. The number of nitrogens with zero attached hydrogens (tertiary/aromatic N) is 2. The second-order valence-electron chi connectivity index (χ2n) is 6.77. The zero-order valence-corrected chi connectivity index (χ0v) is 13.7. The number of imide groups is 2. The van der Waals surface area contributed by atoms with Gasteiger partial charge in [0.1, 0.15) is 6.10 Å². The van der Waals surface area contributed by atoms with Gasteiger partial charge in [-0.15, -0.1) is 5.06 Å². The fourth-order valence-electron chi connectivity index (χ4n) is 3.52. The van der Waals surface area contributed by atoms with Crippen molar-refractivity contribution in [1.29, 1.82) is 0 Å². The molecule has 3 rings (SSSR count). The first-order valence-corrected chi connectivity index (χ1v) is 8.46. The number of rotatable bonds is 4. The first-order valence-electron chi connectivity index (χ1n) is 8.46. The Morgan fingerprint density at radius 1 is 1.00 bits per heavy atom. The maximum atomic E-state index is 12.1. The molecule has 0 aromatic heterocycles. The van der Waals surface area contributed by atoms with Crippen LogP contribution in [0.3, 0.4) is 0 Å². The molecule has 1 atom stereocenters. The fourth-order valence-corrected chi connectivity index (χ4v) is 3.52. The number of amides is 4. The van der Waals surface area contributed by atoms with Gasteiger partial charge >= 0.3 is 5.97 Å². The van der Waals surface area contributed by atoms with Crippen molar-refractivity contribution in [3.8, 4) is 0 Å². The van der Waals surface area contributed by atoms with Crippen LogP contribution in [-0.4, -0.2) is 57.3 Å². The third-order valence-electron chi connectivity index (χ3n) is 5.03. The van der Waals surface area contributed by atoms with E-state index in [4.69, 9.17) is 4.84 Å². The smallest absolute Gasteiger partial charge is 0.336 e. The Labute approximate surface area is 143 Å². The van der Waals surface area contributed by atoms with Crippen LogP contribution in [0.2, 0.25) is 0 Å². The monoisotopic (exact) mass is 352 g/mol. The summed E-state index contributed by atoms with van der Waals surface area (Å²) in [7, 11) is 0. The topological polar surface area (TPSA) is 121 Å². The van der Waals surface area contributed by atoms with Gasteiger partial charge in [-0.25, -0.2) is 4.79 Å². The molecule has 3 aliphatic rings. The van der Waals surface area contributed by atoms with Crippen molar-refractivity contribution < 1.29 is 33.9 Å². The van der Waals surface area contributed by atoms with Crippen LogP contribution in [0.5, 0.6) is 0 Å². The Morgan fingerprint density at radius 3 is 2.12 bits per heavy atom. The van der Waals surface area contributed by atoms with Crippen molar-refractivity contribution in [3.63, 3.8) is 0 Å². The third-order valence-corrected chi connectivity index (χ3v) is 5.03. The molecule has 2 saturated heterocycles. The molecule has 0 aromatic carbocycles. The Hall–Kier alpha value is -2.29. The van der Waals surface area contributed by atoms with E-state index in [1.165, 1.54) is 0 Å². The van der Waals surface area contributed by atoms with E-state index in [2.05, 4.69) is 0 Å². The molecule has 1 unspecified atom stereocenters. The molecule has 0 bridgehead atoms. The predicted octanol–water partition coefficient (Wildman–Crippen LogP) is -0.480. The summed E-state index contributed by atoms with van der Waals surface area (Å²) in [5, 5.41) is 9.98. The predicted molar refractivity (Wildman–Crippen MR) is 80.0 cm³/mol. The van der Waals surface area contributed by atoms with Crippen molar-refractivity contribution >= 4 is 29.6 Å². The molecule has 0 aromatic rings. The second-order valence-corrected chi connectivity index (χ2v) is 6.77. The van der Waals surface area contributed by atoms with Gasteiger partial charge in [0.25, 0.3) is 17.7 Å². The molecular formula is C16H20N2O7. The van der Waals surface area contributed by atoms with Gasteiger partial charge in [0.05, 0.1) is 12.3 Å². The number of hydrogen-bond donors (Lipinski definition) is 1. The van der Waals surface area contributed by atoms with Crippen LogP contribution < -0.4 is 0 Å². The molecule has 1 aliphatic carbocycles. The largest absolute Gasteiger partial charge is 0.383 e. The van der Waals surface area contributed by atoms with Crippen molar-refractivity contribution in [2.24, 2.45) is 11.8 Å². The maximum Gasteiger partial charge on any atom is 0.336 e. The summed E-state index contributed by atoms with van der Waals surface area (Å²) in [4.78, 5) is 64.5. The number of carbonyl (C=O) groups excluding carboxylic acids is 5. The van der Waals surface area contributed by atoms with Crippen LogP contribution in [-0.2, 0) is 28.8 Å². The van der Waals surface area contributed by atoms with E-state index in [1.807, 2.05) is 0 Å². The Bertz CT molecular complexity index is 608. The summed E-state index contributed by atoms with van der Waals surface area (Å²) in [6.07, 6.45) is 0.943. The van der Waals surface area contributed by atoms with E-state index in [-0.39, 0.29) is 37.6 Å². The van der Waals surface area contributed by atoms with Gasteiger partial charge in [0.2, 0.25) is 5.91 Å². The van der Waals surface area contributed by atoms with E-state index in [0.29, 0.717) is 30.7 Å². The van der Waals surface area contributed by atoms with Gasteiger partial charge < -0.3 is 9.94 Å². The lowest BCUT2D eigenvalue weighted by Gasteiger charge is -2.29. The van der Waals surface area contributed by atoms with Crippen molar-refractivity contribution in [2.45, 2.75) is 51.0 Å². The highest BCUT2D eigenvalue weighted by atomic mass is 16.7. The van der Waals surface area contributed by atoms with Crippen LogP contribution in [0.15, 0.2) is 0 Å². The molecule has 4 amide bonds. The summed E-state index contributed by atoms with van der Waals surface area (Å²) in [5.74, 6) is -2.87. The maximum absolute atomic E-state index is 12.1. The van der Waals surface area contributed by atoms with Gasteiger partial charge in [0.15, 0.2) is 0 Å². The van der Waals surface area contributed by atoms with E-state index < -0.39 is 35.7 Å². The molecule has 25 heavy (non-hydrogen) atoms. The number of carbonyl (C=O) groups is 5. The molecule has 2 aliphatic heterocycles. The quantitative estimate of drug-likeness (QED) is 0.678. The van der Waals surface area contributed by atoms with E-state index in [9.17, 15) is 29.1 Å². The minimum atomic E-state index is -1.24. The van der Waals surface area contributed by atoms with Gasteiger partial charge in [0, 0.05) is 19.4 Å². The van der Waals surface area contributed by atoms with Crippen LogP contribution in [0.1, 0.15) is 44.9 Å². The van der Waals surface area contributed by atoms with Crippen LogP contribution in [0.25, 0.3) is 0 Å². The zero-order chi connectivity index (χ0) is 18.1. The molecule has 9 nitrogen and oxygen atoms in total. The standard InChI is InChI=1S/C16H20N2O7/c19-11-7-14(22)17(15(11)23)8-9-1-3-10(4-2-9)16(24)25-18-12(20)5-6-13(18)21/h9-11,19H,1-8H2. The highest BCUT2D eigenvalue weighted by Crippen LogP contribution is 2.31. The summed E-state index contributed by atoms with van der Waals surface area (Å²) < 4.78 is 0. The molecular weight excluding hydrogens is 332 g/mol. The molecule has 136 valence electrons. The minimum Gasteiger partial charge on any atom is -0.383 e. The highest BCUT2D eigenvalue weighted by molar-refractivity contribution is 6.04. The Kier molecular flexibility index (Phi) is 4.85. The highest BCUT2D eigenvalue weighted by Gasteiger charge is 2.40. The van der Waals surface area contributed by atoms with Crippen LogP contribution in [0.4, 0.5) is 0 Å². The van der Waals surface area contributed by atoms with Gasteiger partial charge in [-0.05, 0) is 31.6 Å².